The summed E-state index contributed by atoms with van der Waals surface area (Å²) in [6, 6.07) is 4.18. The number of anilines is 1. The number of ether oxygens (including phenoxy) is 1. The number of likely N-dealkylation sites (tertiary alicyclic amines) is 1. The smallest absolute Gasteiger partial charge is 0.246 e. The summed E-state index contributed by atoms with van der Waals surface area (Å²) in [5, 5.41) is 6.91. The molecule has 1 aromatic carbocycles. The number of nitrogens with one attached hydrogen (secondary N) is 2. The number of hydrogen-bond donors (Lipinski definition) is 2. The van der Waals surface area contributed by atoms with Crippen molar-refractivity contribution in [1.29, 1.82) is 0 Å². The van der Waals surface area contributed by atoms with Gasteiger partial charge in [0.15, 0.2) is 0 Å². The van der Waals surface area contributed by atoms with Gasteiger partial charge in [-0.2, -0.15) is 0 Å². The van der Waals surface area contributed by atoms with Gasteiger partial charge in [-0.05, 0) is 49.8 Å². The third-order valence-electron chi connectivity index (χ3n) is 9.43. The monoisotopic (exact) mass is 559 g/mol. The number of carbonyl (C=O) groups is 3. The lowest BCUT2D eigenvalue weighted by Crippen LogP contribution is -2.59. The van der Waals surface area contributed by atoms with E-state index in [0.717, 1.165) is 51.4 Å². The molecule has 7 atom stereocenters. The molecule has 3 aliphatic heterocycles. The number of benzene rings is 1. The molecule has 7 nitrogen and oxygen atoms in total. The Balaban J connectivity index is 1.33. The highest BCUT2D eigenvalue weighted by Gasteiger charge is 2.73. The molecule has 5 aliphatic rings. The molecule has 204 valence electrons. The summed E-state index contributed by atoms with van der Waals surface area (Å²) < 4.78 is 6.51. The fourth-order valence-corrected chi connectivity index (χ4v) is 7.90. The van der Waals surface area contributed by atoms with Gasteiger partial charge in [-0.25, -0.2) is 0 Å². The zero-order valence-corrected chi connectivity index (χ0v) is 23.1. The first-order valence-corrected chi connectivity index (χ1v) is 14.8. The number of rotatable bonds is 5. The predicted octanol–water partition coefficient (Wildman–Crippen LogP) is 5.11. The molecule has 1 aromatic rings. The Labute approximate surface area is 233 Å². The Morgan fingerprint density at radius 3 is 2.47 bits per heavy atom. The lowest BCUT2D eigenvalue weighted by Gasteiger charge is -2.42. The Kier molecular flexibility index (Phi) is 6.98. The molecule has 5 unspecified atom stereocenters. The number of halogens is 2. The molecule has 1 spiro atoms. The molecule has 38 heavy (non-hydrogen) atoms. The van der Waals surface area contributed by atoms with E-state index in [-0.39, 0.29) is 35.7 Å². The van der Waals surface area contributed by atoms with E-state index in [0.29, 0.717) is 15.7 Å². The van der Waals surface area contributed by atoms with E-state index in [1.807, 2.05) is 17.1 Å². The van der Waals surface area contributed by atoms with Crippen molar-refractivity contribution in [2.75, 3.05) is 5.32 Å². The van der Waals surface area contributed by atoms with Gasteiger partial charge in [0, 0.05) is 17.8 Å². The van der Waals surface area contributed by atoms with E-state index in [1.54, 1.807) is 18.2 Å². The topological polar surface area (TPSA) is 87.7 Å². The average molecular weight is 561 g/mol. The van der Waals surface area contributed by atoms with E-state index >= 15 is 0 Å². The summed E-state index contributed by atoms with van der Waals surface area (Å²) in [7, 11) is 0. The quantitative estimate of drug-likeness (QED) is 0.490. The minimum atomic E-state index is -1.14. The van der Waals surface area contributed by atoms with Gasteiger partial charge in [0.2, 0.25) is 17.7 Å². The molecule has 2 saturated heterocycles. The first-order chi connectivity index (χ1) is 18.3. The van der Waals surface area contributed by atoms with E-state index in [9.17, 15) is 14.4 Å². The number of nitrogens with zero attached hydrogens (tertiary/aromatic N) is 1. The van der Waals surface area contributed by atoms with Gasteiger partial charge in [0.1, 0.15) is 11.6 Å². The van der Waals surface area contributed by atoms with Crippen molar-refractivity contribution in [3.63, 3.8) is 0 Å². The summed E-state index contributed by atoms with van der Waals surface area (Å²) in [5.74, 6) is -1.83. The van der Waals surface area contributed by atoms with Crippen LogP contribution in [0.5, 0.6) is 0 Å². The van der Waals surface area contributed by atoms with E-state index in [4.69, 9.17) is 27.9 Å². The molecule has 0 radical (unpaired) electrons. The minimum absolute atomic E-state index is 0.0480. The lowest BCUT2D eigenvalue weighted by atomic mass is 9.74. The van der Waals surface area contributed by atoms with Crippen molar-refractivity contribution in [2.24, 2.45) is 17.8 Å². The van der Waals surface area contributed by atoms with Crippen LogP contribution in [0.1, 0.15) is 64.7 Å². The number of amides is 3. The Bertz CT molecular complexity index is 1170. The summed E-state index contributed by atoms with van der Waals surface area (Å²) in [6.07, 6.45) is 12.5. The van der Waals surface area contributed by atoms with Crippen LogP contribution in [0.4, 0.5) is 5.69 Å². The van der Waals surface area contributed by atoms with Crippen LogP contribution in [0, 0.1) is 17.8 Å². The zero-order valence-electron chi connectivity index (χ0n) is 21.6. The average Bonchev–Trinajstić information content (AvgIpc) is 3.54. The summed E-state index contributed by atoms with van der Waals surface area (Å²) >= 11 is 12.2. The number of fused-ring (bicyclic) bond motifs is 1. The molecule has 3 amide bonds. The van der Waals surface area contributed by atoms with Crippen LogP contribution in [-0.2, 0) is 19.1 Å². The summed E-state index contributed by atoms with van der Waals surface area (Å²) in [4.78, 5) is 43.8. The normalized spacial score (nSPS) is 36.4. The van der Waals surface area contributed by atoms with E-state index in [1.165, 1.54) is 6.42 Å². The van der Waals surface area contributed by atoms with Crippen molar-refractivity contribution >= 4 is 46.6 Å². The van der Waals surface area contributed by atoms with E-state index in [2.05, 4.69) is 17.6 Å². The Hall–Kier alpha value is -2.09. The van der Waals surface area contributed by atoms with Crippen LogP contribution >= 0.6 is 23.2 Å². The van der Waals surface area contributed by atoms with Crippen LogP contribution in [0.2, 0.25) is 10.0 Å². The van der Waals surface area contributed by atoms with Gasteiger partial charge in [0.25, 0.3) is 0 Å². The molecule has 2 saturated carbocycles. The van der Waals surface area contributed by atoms with Crippen LogP contribution in [-0.4, -0.2) is 52.5 Å². The van der Waals surface area contributed by atoms with Crippen LogP contribution < -0.4 is 10.6 Å². The molecule has 2 bridgehead atoms. The first kappa shape index (κ1) is 26.1. The van der Waals surface area contributed by atoms with E-state index < -0.39 is 29.6 Å². The van der Waals surface area contributed by atoms with Crippen molar-refractivity contribution in [3.05, 3.63) is 40.4 Å². The molecule has 2 aliphatic carbocycles. The maximum atomic E-state index is 14.3. The SMILES string of the molecule is CC1CCCCC1N1C(=O)[C@H]2C(C(=O)Nc3ccc(Cl)c(Cl)c3)[C@H]3C=CC2(O3)C1C(=O)NC1CCCCC1. The molecule has 2 N–H and O–H groups in total. The molecule has 3 heterocycles. The molecular formula is C29H35Cl2N3O4. The number of carbonyl (C=O) groups excluding carboxylic acids is 3. The third kappa shape index (κ3) is 4.25. The fraction of sp³-hybridized carbons (Fsp3) is 0.621. The standard InChI is InChI=1S/C29H35Cl2N3O4/c1-16-7-5-6-10-21(16)34-25(27(36)32-17-8-3-2-4-9-17)29-14-13-22(38-29)23(24(29)28(34)37)26(35)33-18-11-12-19(30)20(31)15-18/h11-17,21-25H,2-10H2,1H3,(H,32,36)(H,33,35)/t16?,21?,22-,23?,24-,25?,29?/m1/s1. The highest BCUT2D eigenvalue weighted by atomic mass is 35.5. The second kappa shape index (κ2) is 10.1. The zero-order chi connectivity index (χ0) is 26.6. The molecular weight excluding hydrogens is 525 g/mol. The van der Waals surface area contributed by atoms with Crippen molar-refractivity contribution < 1.29 is 19.1 Å². The molecule has 0 aromatic heterocycles. The van der Waals surface area contributed by atoms with Gasteiger partial charge in [-0.15, -0.1) is 0 Å². The lowest BCUT2D eigenvalue weighted by molar-refractivity contribution is -0.146. The van der Waals surface area contributed by atoms with Gasteiger partial charge in [0.05, 0.1) is 28.0 Å². The fourth-order valence-electron chi connectivity index (χ4n) is 7.60. The van der Waals surface area contributed by atoms with Gasteiger partial charge < -0.3 is 20.3 Å². The maximum absolute atomic E-state index is 14.3. The second-order valence-electron chi connectivity index (χ2n) is 11.7. The Morgan fingerprint density at radius 2 is 1.74 bits per heavy atom. The van der Waals surface area contributed by atoms with Crippen molar-refractivity contribution in [2.45, 2.75) is 94.5 Å². The Morgan fingerprint density at radius 1 is 1.00 bits per heavy atom. The molecule has 6 rings (SSSR count). The first-order valence-electron chi connectivity index (χ1n) is 14.1. The van der Waals surface area contributed by atoms with Crippen molar-refractivity contribution in [3.8, 4) is 0 Å². The molecule has 9 heteroatoms. The van der Waals surface area contributed by atoms with Gasteiger partial charge in [-0.1, -0.05) is 74.4 Å². The van der Waals surface area contributed by atoms with Crippen molar-refractivity contribution in [1.82, 2.24) is 10.2 Å². The summed E-state index contributed by atoms with van der Waals surface area (Å²) in [5.41, 5.74) is -0.642. The van der Waals surface area contributed by atoms with Crippen LogP contribution in [0.15, 0.2) is 30.4 Å². The number of hydrogen-bond acceptors (Lipinski definition) is 4. The van der Waals surface area contributed by atoms with Gasteiger partial charge in [-0.3, -0.25) is 14.4 Å². The van der Waals surface area contributed by atoms with Crippen LogP contribution in [0.25, 0.3) is 0 Å². The largest absolute Gasteiger partial charge is 0.359 e. The summed E-state index contributed by atoms with van der Waals surface area (Å²) in [6.45, 7) is 2.17. The predicted molar refractivity (Wildman–Crippen MR) is 146 cm³/mol. The highest BCUT2D eigenvalue weighted by molar-refractivity contribution is 6.42. The third-order valence-corrected chi connectivity index (χ3v) is 10.2. The maximum Gasteiger partial charge on any atom is 0.246 e. The molecule has 4 fully saturated rings. The minimum Gasteiger partial charge on any atom is -0.359 e. The second-order valence-corrected chi connectivity index (χ2v) is 12.6. The van der Waals surface area contributed by atoms with Crippen LogP contribution in [0.3, 0.4) is 0 Å². The highest BCUT2D eigenvalue weighted by Crippen LogP contribution is 2.56. The van der Waals surface area contributed by atoms with Gasteiger partial charge >= 0.3 is 0 Å².